The van der Waals surface area contributed by atoms with Gasteiger partial charge in [0.25, 0.3) is 5.91 Å². The molecule has 0 aliphatic carbocycles. The molecule has 1 aromatic carbocycles. The highest BCUT2D eigenvalue weighted by atomic mass is 79.9. The number of primary amides is 1. The molecule has 0 saturated carbocycles. The van der Waals surface area contributed by atoms with Crippen LogP contribution in [0.3, 0.4) is 0 Å². The van der Waals surface area contributed by atoms with Crippen molar-refractivity contribution in [1.29, 1.82) is 0 Å². The second kappa shape index (κ2) is 5.28. The molecule has 0 radical (unpaired) electrons. The van der Waals surface area contributed by atoms with Gasteiger partial charge < -0.3 is 10.6 Å². The zero-order valence-corrected chi connectivity index (χ0v) is 11.9. The fraction of sp³-hybridized carbons (Fsp3) is 0.333. The number of nitrogens with two attached hydrogens (primary N) is 1. The molecule has 1 atom stereocenters. The van der Waals surface area contributed by atoms with Crippen LogP contribution in [0.4, 0.5) is 0 Å². The standard InChI is InChI=1S/C12H12BrClN2O2/c13-10-5-8(14)1-2-9(10)12(18)16-4-3-7(6-16)11(15)17/h1-2,5,7H,3-4,6H2,(H2,15,17). The van der Waals surface area contributed by atoms with E-state index in [9.17, 15) is 9.59 Å². The summed E-state index contributed by atoms with van der Waals surface area (Å²) in [5.74, 6) is -0.692. The van der Waals surface area contributed by atoms with Crippen LogP contribution >= 0.6 is 27.5 Å². The largest absolute Gasteiger partial charge is 0.369 e. The maximum atomic E-state index is 12.2. The second-order valence-electron chi connectivity index (χ2n) is 4.26. The third-order valence-corrected chi connectivity index (χ3v) is 3.93. The number of carbonyl (C=O) groups is 2. The summed E-state index contributed by atoms with van der Waals surface area (Å²) in [5, 5.41) is 0.565. The van der Waals surface area contributed by atoms with E-state index in [2.05, 4.69) is 15.9 Å². The molecule has 6 heteroatoms. The van der Waals surface area contributed by atoms with Crippen molar-refractivity contribution in [3.8, 4) is 0 Å². The molecule has 18 heavy (non-hydrogen) atoms. The summed E-state index contributed by atoms with van der Waals surface area (Å²) in [6, 6.07) is 5.02. The lowest BCUT2D eigenvalue weighted by Crippen LogP contribution is -2.31. The molecular formula is C12H12BrClN2O2. The minimum Gasteiger partial charge on any atom is -0.369 e. The van der Waals surface area contributed by atoms with Gasteiger partial charge in [0.05, 0.1) is 11.5 Å². The molecule has 0 aromatic heterocycles. The zero-order valence-electron chi connectivity index (χ0n) is 9.53. The lowest BCUT2D eigenvalue weighted by molar-refractivity contribution is -0.121. The number of carbonyl (C=O) groups excluding carboxylic acids is 2. The molecule has 1 unspecified atom stereocenters. The molecule has 4 nitrogen and oxygen atoms in total. The Morgan fingerprint density at radius 2 is 2.17 bits per heavy atom. The molecule has 1 saturated heterocycles. The van der Waals surface area contributed by atoms with Crippen LogP contribution in [-0.4, -0.2) is 29.8 Å². The van der Waals surface area contributed by atoms with Crippen LogP contribution in [0, 0.1) is 5.92 Å². The van der Waals surface area contributed by atoms with Gasteiger partial charge in [-0.3, -0.25) is 9.59 Å². The Balaban J connectivity index is 2.15. The molecule has 0 bridgehead atoms. The van der Waals surface area contributed by atoms with E-state index in [0.29, 0.717) is 34.6 Å². The van der Waals surface area contributed by atoms with Crippen LogP contribution in [0.25, 0.3) is 0 Å². The summed E-state index contributed by atoms with van der Waals surface area (Å²) in [6.07, 6.45) is 0.631. The topological polar surface area (TPSA) is 63.4 Å². The summed E-state index contributed by atoms with van der Waals surface area (Å²) in [7, 11) is 0. The number of benzene rings is 1. The van der Waals surface area contributed by atoms with E-state index < -0.39 is 0 Å². The lowest BCUT2D eigenvalue weighted by atomic mass is 10.1. The van der Waals surface area contributed by atoms with E-state index in [0.717, 1.165) is 0 Å². The van der Waals surface area contributed by atoms with Crippen molar-refractivity contribution in [3.05, 3.63) is 33.3 Å². The number of nitrogens with zero attached hydrogens (tertiary/aromatic N) is 1. The lowest BCUT2D eigenvalue weighted by Gasteiger charge is -2.16. The van der Waals surface area contributed by atoms with Gasteiger partial charge in [0, 0.05) is 22.6 Å². The van der Waals surface area contributed by atoms with Crippen molar-refractivity contribution in [2.75, 3.05) is 13.1 Å². The number of hydrogen-bond donors (Lipinski definition) is 1. The maximum Gasteiger partial charge on any atom is 0.255 e. The van der Waals surface area contributed by atoms with Crippen molar-refractivity contribution < 1.29 is 9.59 Å². The van der Waals surface area contributed by atoms with Crippen LogP contribution < -0.4 is 5.73 Å². The molecule has 96 valence electrons. The molecule has 1 heterocycles. The summed E-state index contributed by atoms with van der Waals surface area (Å²) < 4.78 is 0.655. The van der Waals surface area contributed by atoms with Crippen molar-refractivity contribution in [2.45, 2.75) is 6.42 Å². The Hall–Kier alpha value is -1.07. The van der Waals surface area contributed by atoms with Crippen molar-refractivity contribution in [1.82, 2.24) is 4.90 Å². The van der Waals surface area contributed by atoms with Crippen molar-refractivity contribution in [2.24, 2.45) is 11.7 Å². The molecule has 1 aromatic rings. The van der Waals surface area contributed by atoms with Gasteiger partial charge >= 0.3 is 0 Å². The smallest absolute Gasteiger partial charge is 0.255 e. The fourth-order valence-electron chi connectivity index (χ4n) is 2.01. The zero-order chi connectivity index (χ0) is 13.3. The van der Waals surface area contributed by atoms with Gasteiger partial charge in [-0.25, -0.2) is 0 Å². The first-order chi connectivity index (χ1) is 8.49. The molecule has 2 rings (SSSR count). The first-order valence-electron chi connectivity index (χ1n) is 5.52. The first kappa shape index (κ1) is 13.4. The molecular weight excluding hydrogens is 320 g/mol. The average molecular weight is 332 g/mol. The summed E-state index contributed by atoms with van der Waals surface area (Å²) >= 11 is 9.15. The molecule has 1 fully saturated rings. The number of rotatable bonds is 2. The third-order valence-electron chi connectivity index (χ3n) is 3.04. The Bertz CT molecular complexity index is 507. The Morgan fingerprint density at radius 3 is 2.72 bits per heavy atom. The Kier molecular flexibility index (Phi) is 3.92. The predicted molar refractivity (Wildman–Crippen MR) is 72.4 cm³/mol. The number of halogens is 2. The van der Waals surface area contributed by atoms with Gasteiger partial charge in [-0.1, -0.05) is 11.6 Å². The van der Waals surface area contributed by atoms with Gasteiger partial charge in [0.15, 0.2) is 0 Å². The van der Waals surface area contributed by atoms with Gasteiger partial charge in [0.1, 0.15) is 0 Å². The normalized spacial score (nSPS) is 19.0. The average Bonchev–Trinajstić information content (AvgIpc) is 2.77. The van der Waals surface area contributed by atoms with Crippen molar-refractivity contribution in [3.63, 3.8) is 0 Å². The first-order valence-corrected chi connectivity index (χ1v) is 6.70. The van der Waals surface area contributed by atoms with Crippen LogP contribution in [0.2, 0.25) is 5.02 Å². The summed E-state index contributed by atoms with van der Waals surface area (Å²) in [5.41, 5.74) is 5.79. The molecule has 1 aliphatic rings. The van der Waals surface area contributed by atoms with E-state index in [-0.39, 0.29) is 17.7 Å². The van der Waals surface area contributed by atoms with E-state index in [4.69, 9.17) is 17.3 Å². The minimum absolute atomic E-state index is 0.109. The van der Waals surface area contributed by atoms with Gasteiger partial charge in [-0.2, -0.15) is 0 Å². The van der Waals surface area contributed by atoms with Crippen LogP contribution in [0.15, 0.2) is 22.7 Å². The predicted octanol–water partition coefficient (Wildman–Crippen LogP) is 2.05. The van der Waals surface area contributed by atoms with Crippen LogP contribution in [0.1, 0.15) is 16.8 Å². The quantitative estimate of drug-likeness (QED) is 0.901. The van der Waals surface area contributed by atoms with E-state index >= 15 is 0 Å². The number of likely N-dealkylation sites (tertiary alicyclic amines) is 1. The molecule has 2 amide bonds. The number of hydrogen-bond acceptors (Lipinski definition) is 2. The number of amides is 2. The molecule has 2 N–H and O–H groups in total. The van der Waals surface area contributed by atoms with Crippen molar-refractivity contribution >= 4 is 39.3 Å². The highest BCUT2D eigenvalue weighted by molar-refractivity contribution is 9.10. The summed E-state index contributed by atoms with van der Waals surface area (Å²) in [4.78, 5) is 25.0. The summed E-state index contributed by atoms with van der Waals surface area (Å²) in [6.45, 7) is 0.949. The SMILES string of the molecule is NC(=O)C1CCN(C(=O)c2ccc(Cl)cc2Br)C1. The highest BCUT2D eigenvalue weighted by Gasteiger charge is 2.30. The van der Waals surface area contributed by atoms with Gasteiger partial charge in [-0.05, 0) is 40.5 Å². The Morgan fingerprint density at radius 1 is 1.44 bits per heavy atom. The molecule has 1 aliphatic heterocycles. The maximum absolute atomic E-state index is 12.2. The van der Waals surface area contributed by atoms with Gasteiger partial charge in [-0.15, -0.1) is 0 Å². The van der Waals surface area contributed by atoms with Crippen LogP contribution in [-0.2, 0) is 4.79 Å². The highest BCUT2D eigenvalue weighted by Crippen LogP contribution is 2.25. The molecule has 0 spiro atoms. The van der Waals surface area contributed by atoms with Gasteiger partial charge in [0.2, 0.25) is 5.91 Å². The van der Waals surface area contributed by atoms with Crippen LogP contribution in [0.5, 0.6) is 0 Å². The van der Waals surface area contributed by atoms with E-state index in [1.165, 1.54) is 0 Å². The van der Waals surface area contributed by atoms with E-state index in [1.807, 2.05) is 0 Å². The second-order valence-corrected chi connectivity index (χ2v) is 5.55. The fourth-order valence-corrected chi connectivity index (χ4v) is 2.86. The monoisotopic (exact) mass is 330 g/mol. The Labute approximate surface area is 118 Å². The van der Waals surface area contributed by atoms with E-state index in [1.54, 1.807) is 23.1 Å². The minimum atomic E-state index is -0.347. The third kappa shape index (κ3) is 2.67.